The number of carboxylic acid groups (broad SMARTS) is 1. The Kier molecular flexibility index (Phi) is 6.45. The van der Waals surface area contributed by atoms with Crippen LogP contribution in [-0.2, 0) is 9.53 Å². The highest BCUT2D eigenvalue weighted by Gasteiger charge is 2.33. The number of nitrogens with zero attached hydrogens (tertiary/aromatic N) is 2. The molecule has 37 heavy (non-hydrogen) atoms. The number of rotatable bonds is 6. The van der Waals surface area contributed by atoms with E-state index >= 15 is 0 Å². The maximum Gasteiger partial charge on any atom is 0.338 e. The van der Waals surface area contributed by atoms with Crippen molar-refractivity contribution in [2.24, 2.45) is 4.99 Å². The van der Waals surface area contributed by atoms with Gasteiger partial charge in [0.2, 0.25) is 0 Å². The molecule has 8 nitrogen and oxygen atoms in total. The van der Waals surface area contributed by atoms with Gasteiger partial charge in [0.1, 0.15) is 11.5 Å². The van der Waals surface area contributed by atoms with E-state index in [1.165, 1.54) is 28.0 Å². The third-order valence-corrected chi connectivity index (χ3v) is 6.91. The topological polar surface area (TPSA) is 111 Å². The first-order valence-corrected chi connectivity index (χ1v) is 12.4. The SMILES string of the molecule is CCOC(=O)C1=C(C)N=c2s/c(=C/c3ccc(-c4cccc(C(=O)O)c4)o3)c(=O)n2[C@H]1c1ccccc1. The number of carbonyl (C=O) groups excluding carboxylic acids is 1. The largest absolute Gasteiger partial charge is 0.478 e. The van der Waals surface area contributed by atoms with E-state index in [-0.39, 0.29) is 17.7 Å². The van der Waals surface area contributed by atoms with Crippen LogP contribution >= 0.6 is 11.3 Å². The fourth-order valence-electron chi connectivity index (χ4n) is 4.26. The van der Waals surface area contributed by atoms with Gasteiger partial charge < -0.3 is 14.3 Å². The van der Waals surface area contributed by atoms with Crippen LogP contribution in [0.25, 0.3) is 17.4 Å². The van der Waals surface area contributed by atoms with Crippen molar-refractivity contribution in [3.63, 3.8) is 0 Å². The fraction of sp³-hybridized carbons (Fsp3) is 0.143. The Bertz CT molecular complexity index is 1730. The van der Waals surface area contributed by atoms with Crippen LogP contribution in [0, 0.1) is 0 Å². The minimum absolute atomic E-state index is 0.150. The lowest BCUT2D eigenvalue weighted by Crippen LogP contribution is -2.39. The Hall–Kier alpha value is -4.50. The number of fused-ring (bicyclic) bond motifs is 1. The van der Waals surface area contributed by atoms with Crippen LogP contribution in [0.4, 0.5) is 0 Å². The molecule has 0 aliphatic carbocycles. The van der Waals surface area contributed by atoms with Crippen LogP contribution in [0.15, 0.2) is 92.2 Å². The number of benzene rings is 2. The molecule has 186 valence electrons. The number of ether oxygens (including phenoxy) is 1. The van der Waals surface area contributed by atoms with E-state index in [1.54, 1.807) is 44.2 Å². The van der Waals surface area contributed by atoms with Crippen LogP contribution in [0.5, 0.6) is 0 Å². The summed E-state index contributed by atoms with van der Waals surface area (Å²) >= 11 is 1.20. The summed E-state index contributed by atoms with van der Waals surface area (Å²) in [4.78, 5) is 42.9. The van der Waals surface area contributed by atoms with Gasteiger partial charge in [-0.3, -0.25) is 9.36 Å². The third kappa shape index (κ3) is 4.56. The molecule has 2 aromatic heterocycles. The lowest BCUT2D eigenvalue weighted by Gasteiger charge is -2.24. The molecule has 9 heteroatoms. The van der Waals surface area contributed by atoms with E-state index < -0.39 is 18.0 Å². The first-order chi connectivity index (χ1) is 17.9. The van der Waals surface area contributed by atoms with E-state index in [9.17, 15) is 19.5 Å². The molecule has 0 fully saturated rings. The summed E-state index contributed by atoms with van der Waals surface area (Å²) in [5.74, 6) is -0.630. The monoisotopic (exact) mass is 514 g/mol. The van der Waals surface area contributed by atoms with Gasteiger partial charge >= 0.3 is 11.9 Å². The molecular weight excluding hydrogens is 492 g/mol. The summed E-state index contributed by atoms with van der Waals surface area (Å²) in [6, 6.07) is 18.5. The lowest BCUT2D eigenvalue weighted by atomic mass is 9.96. The third-order valence-electron chi connectivity index (χ3n) is 5.93. The van der Waals surface area contributed by atoms with Crippen LogP contribution in [0.2, 0.25) is 0 Å². The number of hydrogen-bond donors (Lipinski definition) is 1. The van der Waals surface area contributed by atoms with E-state index in [1.807, 2.05) is 30.3 Å². The summed E-state index contributed by atoms with van der Waals surface area (Å²) in [5.41, 5.74) is 2.05. The minimum atomic E-state index is -1.03. The molecule has 0 saturated carbocycles. The Labute approximate surface area is 215 Å². The molecule has 0 radical (unpaired) electrons. The van der Waals surface area contributed by atoms with Crippen LogP contribution in [0.3, 0.4) is 0 Å². The molecule has 3 heterocycles. The normalized spacial score (nSPS) is 15.3. The molecule has 5 rings (SSSR count). The van der Waals surface area contributed by atoms with E-state index in [0.717, 1.165) is 5.56 Å². The highest BCUT2D eigenvalue weighted by Crippen LogP contribution is 2.30. The van der Waals surface area contributed by atoms with Gasteiger partial charge in [0.25, 0.3) is 5.56 Å². The molecule has 0 amide bonds. The van der Waals surface area contributed by atoms with Crippen molar-refractivity contribution >= 4 is 29.4 Å². The Morgan fingerprint density at radius 3 is 2.65 bits per heavy atom. The molecule has 0 unspecified atom stereocenters. The second-order valence-electron chi connectivity index (χ2n) is 8.30. The predicted octanol–water partition coefficient (Wildman–Crippen LogP) is 3.76. The van der Waals surface area contributed by atoms with E-state index in [2.05, 4.69) is 4.99 Å². The average Bonchev–Trinajstić information content (AvgIpc) is 3.48. The van der Waals surface area contributed by atoms with Crippen molar-refractivity contribution in [1.82, 2.24) is 4.57 Å². The molecule has 1 aliphatic heterocycles. The number of furan rings is 1. The second kappa shape index (κ2) is 9.87. The van der Waals surface area contributed by atoms with Crippen LogP contribution in [0.1, 0.15) is 41.6 Å². The first-order valence-electron chi connectivity index (χ1n) is 11.6. The van der Waals surface area contributed by atoms with Gasteiger partial charge in [-0.15, -0.1) is 0 Å². The Balaban J connectivity index is 1.61. The summed E-state index contributed by atoms with van der Waals surface area (Å²) < 4.78 is 13.1. The lowest BCUT2D eigenvalue weighted by molar-refractivity contribution is -0.139. The molecule has 2 aromatic carbocycles. The fourth-order valence-corrected chi connectivity index (χ4v) is 5.29. The molecule has 0 saturated heterocycles. The first kappa shape index (κ1) is 24.2. The van der Waals surface area contributed by atoms with Crippen molar-refractivity contribution in [3.05, 3.63) is 115 Å². The molecular formula is C28H22N2O6S. The minimum Gasteiger partial charge on any atom is -0.478 e. The van der Waals surface area contributed by atoms with Gasteiger partial charge in [-0.25, -0.2) is 14.6 Å². The zero-order valence-electron chi connectivity index (χ0n) is 20.0. The number of aromatic carboxylic acids is 1. The highest BCUT2D eigenvalue weighted by molar-refractivity contribution is 7.07. The molecule has 1 atom stereocenters. The summed E-state index contributed by atoms with van der Waals surface area (Å²) in [5, 5.41) is 9.26. The predicted molar refractivity (Wildman–Crippen MR) is 138 cm³/mol. The van der Waals surface area contributed by atoms with Crippen LogP contribution in [-0.4, -0.2) is 28.2 Å². The highest BCUT2D eigenvalue weighted by atomic mass is 32.1. The maximum absolute atomic E-state index is 13.6. The Morgan fingerprint density at radius 1 is 1.14 bits per heavy atom. The van der Waals surface area contributed by atoms with Crippen molar-refractivity contribution in [3.8, 4) is 11.3 Å². The molecule has 0 spiro atoms. The summed E-state index contributed by atoms with van der Waals surface area (Å²) in [7, 11) is 0. The number of allylic oxidation sites excluding steroid dienone is 1. The zero-order valence-corrected chi connectivity index (χ0v) is 20.8. The van der Waals surface area contributed by atoms with Gasteiger partial charge in [0.15, 0.2) is 4.80 Å². The molecule has 4 aromatic rings. The second-order valence-corrected chi connectivity index (χ2v) is 9.31. The van der Waals surface area contributed by atoms with Gasteiger partial charge in [-0.05, 0) is 43.7 Å². The zero-order chi connectivity index (χ0) is 26.1. The molecule has 0 bridgehead atoms. The molecule has 1 aliphatic rings. The van der Waals surface area contributed by atoms with Gasteiger partial charge in [-0.1, -0.05) is 53.8 Å². The number of carboxylic acids is 1. The van der Waals surface area contributed by atoms with Crippen molar-refractivity contribution < 1.29 is 23.8 Å². The maximum atomic E-state index is 13.6. The average molecular weight is 515 g/mol. The van der Waals surface area contributed by atoms with Gasteiger partial charge in [-0.2, -0.15) is 0 Å². The van der Waals surface area contributed by atoms with E-state index in [4.69, 9.17) is 9.15 Å². The molecule has 1 N–H and O–H groups in total. The Morgan fingerprint density at radius 2 is 1.92 bits per heavy atom. The number of aromatic nitrogens is 1. The van der Waals surface area contributed by atoms with Crippen molar-refractivity contribution in [1.29, 1.82) is 0 Å². The summed E-state index contributed by atoms with van der Waals surface area (Å²) in [6.45, 7) is 3.68. The number of thiazole rings is 1. The number of hydrogen-bond acceptors (Lipinski definition) is 7. The quantitative estimate of drug-likeness (QED) is 0.392. The standard InChI is InChI=1S/C28H22N2O6S/c1-3-35-27(34)23-16(2)29-28-30(24(23)17-8-5-4-6-9-17)25(31)22(37-28)15-20-12-13-21(36-20)18-10-7-11-19(14-18)26(32)33/h4-15,24H,3H2,1-2H3,(H,32,33)/b22-15+/t24-/m0/s1. The van der Waals surface area contributed by atoms with Gasteiger partial charge in [0, 0.05) is 11.6 Å². The number of esters is 1. The smallest absolute Gasteiger partial charge is 0.338 e. The van der Waals surface area contributed by atoms with Crippen molar-refractivity contribution in [2.75, 3.05) is 6.61 Å². The van der Waals surface area contributed by atoms with Crippen molar-refractivity contribution in [2.45, 2.75) is 19.9 Å². The summed E-state index contributed by atoms with van der Waals surface area (Å²) in [6.07, 6.45) is 1.62. The van der Waals surface area contributed by atoms with E-state index in [0.29, 0.717) is 37.7 Å². The van der Waals surface area contributed by atoms with Crippen LogP contribution < -0.4 is 14.9 Å². The number of carbonyl (C=O) groups is 2. The van der Waals surface area contributed by atoms with Gasteiger partial charge in [0.05, 0.1) is 34.0 Å².